The minimum atomic E-state index is -0.692. The highest BCUT2D eigenvalue weighted by Gasteiger charge is 2.15. The van der Waals surface area contributed by atoms with E-state index in [1.807, 2.05) is 0 Å². The number of halogens is 2. The van der Waals surface area contributed by atoms with Crippen LogP contribution < -0.4 is 16.0 Å². The molecule has 0 aliphatic carbocycles. The Balaban J connectivity index is 2.11. The molecule has 0 radical (unpaired) electrons. The summed E-state index contributed by atoms with van der Waals surface area (Å²) in [5.74, 6) is -1.34. The van der Waals surface area contributed by atoms with Gasteiger partial charge in [0.1, 0.15) is 5.82 Å². The number of hydrogen-bond donors (Lipinski definition) is 3. The van der Waals surface area contributed by atoms with E-state index < -0.39 is 11.7 Å². The summed E-state index contributed by atoms with van der Waals surface area (Å²) in [5.41, 5.74) is 0.796. The third-order valence-corrected chi connectivity index (χ3v) is 3.13. The average Bonchev–Trinajstić information content (AvgIpc) is 2.49. The van der Waals surface area contributed by atoms with Gasteiger partial charge in [0.15, 0.2) is 0 Å². The molecule has 0 heterocycles. The number of anilines is 2. The maximum absolute atomic E-state index is 13.7. The molecule has 2 aromatic carbocycles. The molecule has 0 bridgehead atoms. The second kappa shape index (κ2) is 6.91. The number of amides is 3. The predicted octanol–water partition coefficient (Wildman–Crippen LogP) is 3.48. The van der Waals surface area contributed by atoms with Gasteiger partial charge < -0.3 is 16.0 Å². The minimum absolute atomic E-state index is 0.0374. The van der Waals surface area contributed by atoms with E-state index in [-0.39, 0.29) is 16.6 Å². The lowest BCUT2D eigenvalue weighted by atomic mass is 10.2. The van der Waals surface area contributed by atoms with Gasteiger partial charge in [-0.05, 0) is 36.4 Å². The molecular formula is C15H13ClFN3O2. The van der Waals surface area contributed by atoms with Gasteiger partial charge in [-0.2, -0.15) is 0 Å². The molecule has 2 aromatic rings. The van der Waals surface area contributed by atoms with Crippen molar-refractivity contribution in [2.45, 2.75) is 0 Å². The molecule has 0 saturated carbocycles. The van der Waals surface area contributed by atoms with Gasteiger partial charge in [-0.1, -0.05) is 17.7 Å². The molecule has 0 fully saturated rings. The van der Waals surface area contributed by atoms with E-state index in [4.69, 9.17) is 11.6 Å². The van der Waals surface area contributed by atoms with Gasteiger partial charge >= 0.3 is 6.03 Å². The highest BCUT2D eigenvalue weighted by Crippen LogP contribution is 2.21. The fourth-order valence-corrected chi connectivity index (χ4v) is 1.99. The van der Waals surface area contributed by atoms with Crippen molar-refractivity contribution in [2.24, 2.45) is 0 Å². The Morgan fingerprint density at radius 2 is 1.59 bits per heavy atom. The fourth-order valence-electron chi connectivity index (χ4n) is 1.74. The molecule has 22 heavy (non-hydrogen) atoms. The van der Waals surface area contributed by atoms with Crippen molar-refractivity contribution in [3.8, 4) is 0 Å². The van der Waals surface area contributed by atoms with Crippen molar-refractivity contribution >= 4 is 34.9 Å². The van der Waals surface area contributed by atoms with Crippen LogP contribution in [0.15, 0.2) is 42.5 Å². The summed E-state index contributed by atoms with van der Waals surface area (Å²) in [6.07, 6.45) is 0. The van der Waals surface area contributed by atoms with Gasteiger partial charge in [0.2, 0.25) is 0 Å². The van der Waals surface area contributed by atoms with Gasteiger partial charge in [-0.25, -0.2) is 9.18 Å². The Morgan fingerprint density at radius 3 is 2.14 bits per heavy atom. The van der Waals surface area contributed by atoms with Crippen molar-refractivity contribution in [3.05, 3.63) is 58.9 Å². The van der Waals surface area contributed by atoms with Crippen LogP contribution in [0.1, 0.15) is 10.4 Å². The number of urea groups is 1. The first-order valence-electron chi connectivity index (χ1n) is 6.35. The zero-order valence-electron chi connectivity index (χ0n) is 11.6. The van der Waals surface area contributed by atoms with E-state index in [2.05, 4.69) is 16.0 Å². The smallest absolute Gasteiger partial charge is 0.318 e. The highest BCUT2D eigenvalue weighted by molar-refractivity contribution is 6.34. The number of carbonyl (C=O) groups is 2. The minimum Gasteiger partial charge on any atom is -0.341 e. The van der Waals surface area contributed by atoms with Crippen molar-refractivity contribution in [1.29, 1.82) is 0 Å². The summed E-state index contributed by atoms with van der Waals surface area (Å²) < 4.78 is 13.7. The van der Waals surface area contributed by atoms with E-state index in [1.165, 1.54) is 19.2 Å². The first-order chi connectivity index (χ1) is 10.5. The largest absolute Gasteiger partial charge is 0.341 e. The highest BCUT2D eigenvalue weighted by atomic mass is 35.5. The first kappa shape index (κ1) is 15.8. The zero-order chi connectivity index (χ0) is 16.1. The van der Waals surface area contributed by atoms with E-state index in [1.54, 1.807) is 24.3 Å². The lowest BCUT2D eigenvalue weighted by molar-refractivity contribution is 0.102. The normalized spacial score (nSPS) is 9.95. The molecule has 114 valence electrons. The van der Waals surface area contributed by atoms with Crippen LogP contribution >= 0.6 is 11.6 Å². The number of nitrogens with one attached hydrogen (secondary N) is 3. The topological polar surface area (TPSA) is 70.2 Å². The monoisotopic (exact) mass is 321 g/mol. The second-order valence-corrected chi connectivity index (χ2v) is 4.74. The molecule has 0 aliphatic rings. The third-order valence-electron chi connectivity index (χ3n) is 2.82. The summed E-state index contributed by atoms with van der Waals surface area (Å²) in [6, 6.07) is 10.0. The maximum atomic E-state index is 13.7. The van der Waals surface area contributed by atoms with Crippen LogP contribution in [0.25, 0.3) is 0 Å². The standard InChI is InChI=1S/C15H13ClFN3O2/c1-18-15(22)20-10-7-5-9(6-8-10)19-14(21)13-11(16)3-2-4-12(13)17/h2-8H,1H3,(H,19,21)(H2,18,20,22). The van der Waals surface area contributed by atoms with Gasteiger partial charge in [0, 0.05) is 18.4 Å². The molecule has 3 amide bonds. The predicted molar refractivity (Wildman–Crippen MR) is 83.9 cm³/mol. The molecule has 2 rings (SSSR count). The van der Waals surface area contributed by atoms with E-state index in [0.29, 0.717) is 11.4 Å². The average molecular weight is 322 g/mol. The Morgan fingerprint density at radius 1 is 1.00 bits per heavy atom. The molecule has 7 heteroatoms. The molecule has 0 aliphatic heterocycles. The van der Waals surface area contributed by atoms with Crippen LogP contribution in [0.4, 0.5) is 20.6 Å². The summed E-state index contributed by atoms with van der Waals surface area (Å²) in [6.45, 7) is 0. The summed E-state index contributed by atoms with van der Waals surface area (Å²) in [4.78, 5) is 23.2. The third kappa shape index (κ3) is 3.73. The molecular weight excluding hydrogens is 309 g/mol. The van der Waals surface area contributed by atoms with Crippen LogP contribution in [0.5, 0.6) is 0 Å². The quantitative estimate of drug-likeness (QED) is 0.810. The zero-order valence-corrected chi connectivity index (χ0v) is 12.4. The number of carbonyl (C=O) groups excluding carboxylic acids is 2. The Bertz CT molecular complexity index is 684. The van der Waals surface area contributed by atoms with Crippen molar-refractivity contribution in [3.63, 3.8) is 0 Å². The number of benzene rings is 2. The van der Waals surface area contributed by atoms with Crippen LogP contribution in [0.3, 0.4) is 0 Å². The molecule has 0 aromatic heterocycles. The first-order valence-corrected chi connectivity index (χ1v) is 6.73. The lowest BCUT2D eigenvalue weighted by Gasteiger charge is -2.09. The summed E-state index contributed by atoms with van der Waals surface area (Å²) in [7, 11) is 1.50. The van der Waals surface area contributed by atoms with Gasteiger partial charge in [0.05, 0.1) is 10.6 Å². The van der Waals surface area contributed by atoms with Crippen molar-refractivity contribution < 1.29 is 14.0 Å². The van der Waals surface area contributed by atoms with E-state index in [9.17, 15) is 14.0 Å². The molecule has 0 spiro atoms. The van der Waals surface area contributed by atoms with Gasteiger partial charge in [-0.3, -0.25) is 4.79 Å². The lowest BCUT2D eigenvalue weighted by Crippen LogP contribution is -2.24. The Kier molecular flexibility index (Phi) is 4.95. The van der Waals surface area contributed by atoms with Crippen molar-refractivity contribution in [1.82, 2.24) is 5.32 Å². The van der Waals surface area contributed by atoms with E-state index >= 15 is 0 Å². The second-order valence-electron chi connectivity index (χ2n) is 4.33. The van der Waals surface area contributed by atoms with E-state index in [0.717, 1.165) is 6.07 Å². The molecule has 0 saturated heterocycles. The van der Waals surface area contributed by atoms with Crippen LogP contribution in [0.2, 0.25) is 5.02 Å². The van der Waals surface area contributed by atoms with Crippen LogP contribution in [-0.2, 0) is 0 Å². The summed E-state index contributed by atoms with van der Waals surface area (Å²) >= 11 is 5.83. The molecule has 0 unspecified atom stereocenters. The Hall–Kier alpha value is -2.60. The van der Waals surface area contributed by atoms with Crippen LogP contribution in [-0.4, -0.2) is 19.0 Å². The SMILES string of the molecule is CNC(=O)Nc1ccc(NC(=O)c2c(F)cccc2Cl)cc1. The van der Waals surface area contributed by atoms with Crippen molar-refractivity contribution in [2.75, 3.05) is 17.7 Å². The fraction of sp³-hybridized carbons (Fsp3) is 0.0667. The Labute approximate surface area is 131 Å². The van der Waals surface area contributed by atoms with Gasteiger partial charge in [-0.15, -0.1) is 0 Å². The number of hydrogen-bond acceptors (Lipinski definition) is 2. The van der Waals surface area contributed by atoms with Crippen LogP contribution in [0, 0.1) is 5.82 Å². The molecule has 5 nitrogen and oxygen atoms in total. The maximum Gasteiger partial charge on any atom is 0.318 e. The summed E-state index contributed by atoms with van der Waals surface area (Å²) in [5, 5.41) is 7.58. The number of rotatable bonds is 3. The molecule has 3 N–H and O–H groups in total. The van der Waals surface area contributed by atoms with Gasteiger partial charge in [0.25, 0.3) is 5.91 Å². The molecule has 0 atom stereocenters.